The highest BCUT2D eigenvalue weighted by molar-refractivity contribution is 9.10. The molecule has 2 aromatic rings. The van der Waals surface area contributed by atoms with Gasteiger partial charge in [0.15, 0.2) is 5.13 Å². The standard InChI is InChI=1S/C9H7BrN2OS/c10-6-3-1-2-5(8(6)13)7-4-14-9(11)12-7/h1-4,13H,(H2,11,12). The third-order valence-corrected chi connectivity index (χ3v) is 3.10. The van der Waals surface area contributed by atoms with Crippen molar-refractivity contribution >= 4 is 32.4 Å². The van der Waals surface area contributed by atoms with Gasteiger partial charge < -0.3 is 10.8 Å². The van der Waals surface area contributed by atoms with Gasteiger partial charge in [-0.2, -0.15) is 0 Å². The molecular weight excluding hydrogens is 264 g/mol. The molecule has 3 nitrogen and oxygen atoms in total. The van der Waals surface area contributed by atoms with E-state index in [9.17, 15) is 5.11 Å². The molecule has 0 aliphatic carbocycles. The van der Waals surface area contributed by atoms with Gasteiger partial charge in [0.2, 0.25) is 0 Å². The van der Waals surface area contributed by atoms with Gasteiger partial charge in [0.25, 0.3) is 0 Å². The van der Waals surface area contributed by atoms with Gasteiger partial charge in [-0.05, 0) is 28.1 Å². The third kappa shape index (κ3) is 1.60. The number of phenols is 1. The average Bonchev–Trinajstić information content (AvgIpc) is 2.57. The number of thiazole rings is 1. The number of anilines is 1. The molecule has 0 unspecified atom stereocenters. The number of halogens is 1. The quantitative estimate of drug-likeness (QED) is 0.838. The summed E-state index contributed by atoms with van der Waals surface area (Å²) in [6, 6.07) is 5.41. The van der Waals surface area contributed by atoms with Crippen LogP contribution in [0.15, 0.2) is 28.1 Å². The monoisotopic (exact) mass is 270 g/mol. The highest BCUT2D eigenvalue weighted by atomic mass is 79.9. The van der Waals surface area contributed by atoms with Gasteiger partial charge in [-0.25, -0.2) is 4.98 Å². The summed E-state index contributed by atoms with van der Waals surface area (Å²) in [5.74, 6) is 0.192. The van der Waals surface area contributed by atoms with Gasteiger partial charge in [-0.15, -0.1) is 11.3 Å². The number of nitrogens with zero attached hydrogens (tertiary/aromatic N) is 1. The molecule has 0 atom stereocenters. The van der Waals surface area contributed by atoms with Crippen molar-refractivity contribution < 1.29 is 5.11 Å². The molecule has 0 amide bonds. The van der Waals surface area contributed by atoms with Crippen molar-refractivity contribution in [2.24, 2.45) is 0 Å². The van der Waals surface area contributed by atoms with E-state index in [4.69, 9.17) is 5.73 Å². The normalized spacial score (nSPS) is 10.4. The van der Waals surface area contributed by atoms with Crippen LogP contribution < -0.4 is 5.73 Å². The van der Waals surface area contributed by atoms with E-state index in [0.717, 1.165) is 0 Å². The molecule has 1 aromatic heterocycles. The molecule has 72 valence electrons. The van der Waals surface area contributed by atoms with Crippen molar-refractivity contribution in [2.75, 3.05) is 5.73 Å². The van der Waals surface area contributed by atoms with E-state index in [1.165, 1.54) is 11.3 Å². The fourth-order valence-electron chi connectivity index (χ4n) is 1.13. The maximum atomic E-state index is 9.74. The average molecular weight is 271 g/mol. The molecule has 0 aliphatic rings. The highest BCUT2D eigenvalue weighted by Gasteiger charge is 2.09. The van der Waals surface area contributed by atoms with Gasteiger partial charge in [0.05, 0.1) is 10.2 Å². The topological polar surface area (TPSA) is 59.1 Å². The van der Waals surface area contributed by atoms with E-state index >= 15 is 0 Å². The summed E-state index contributed by atoms with van der Waals surface area (Å²) in [6.45, 7) is 0. The Morgan fingerprint density at radius 3 is 2.86 bits per heavy atom. The first-order valence-corrected chi connectivity index (χ1v) is 5.54. The second-order valence-electron chi connectivity index (χ2n) is 2.71. The third-order valence-electron chi connectivity index (χ3n) is 1.78. The maximum Gasteiger partial charge on any atom is 0.180 e. The predicted octanol–water partition coefficient (Wildman–Crippen LogP) is 2.86. The van der Waals surface area contributed by atoms with Crippen LogP contribution >= 0.6 is 27.3 Å². The molecule has 2 rings (SSSR count). The maximum absolute atomic E-state index is 9.74. The summed E-state index contributed by atoms with van der Waals surface area (Å²) in [4.78, 5) is 4.10. The van der Waals surface area contributed by atoms with Crippen molar-refractivity contribution in [3.05, 3.63) is 28.1 Å². The molecular formula is C9H7BrN2OS. The van der Waals surface area contributed by atoms with Gasteiger partial charge in [0.1, 0.15) is 5.75 Å². The first kappa shape index (κ1) is 9.48. The van der Waals surface area contributed by atoms with Crippen molar-refractivity contribution in [3.8, 4) is 17.0 Å². The first-order valence-electron chi connectivity index (χ1n) is 3.87. The second-order valence-corrected chi connectivity index (χ2v) is 4.45. The molecule has 1 heterocycles. The zero-order chi connectivity index (χ0) is 10.1. The number of aromatic nitrogens is 1. The molecule has 0 spiro atoms. The number of rotatable bonds is 1. The van der Waals surface area contributed by atoms with Gasteiger partial charge in [-0.3, -0.25) is 0 Å². The molecule has 0 radical (unpaired) electrons. The van der Waals surface area contributed by atoms with Crippen LogP contribution in [-0.4, -0.2) is 10.1 Å². The number of hydrogen-bond donors (Lipinski definition) is 2. The van der Waals surface area contributed by atoms with Crippen LogP contribution in [0.25, 0.3) is 11.3 Å². The molecule has 0 fully saturated rings. The van der Waals surface area contributed by atoms with Crippen LogP contribution in [0.2, 0.25) is 0 Å². The number of benzene rings is 1. The van der Waals surface area contributed by atoms with Gasteiger partial charge in [0, 0.05) is 10.9 Å². The lowest BCUT2D eigenvalue weighted by molar-refractivity contribution is 0.474. The number of nitrogens with two attached hydrogens (primary N) is 1. The van der Waals surface area contributed by atoms with Crippen LogP contribution in [0.4, 0.5) is 5.13 Å². The summed E-state index contributed by atoms with van der Waals surface area (Å²) in [5, 5.41) is 12.1. The van der Waals surface area contributed by atoms with Crippen molar-refractivity contribution in [1.29, 1.82) is 0 Å². The summed E-state index contributed by atoms with van der Waals surface area (Å²) in [5.41, 5.74) is 6.91. The van der Waals surface area contributed by atoms with Crippen LogP contribution in [0.5, 0.6) is 5.75 Å². The summed E-state index contributed by atoms with van der Waals surface area (Å²) in [7, 11) is 0. The van der Waals surface area contributed by atoms with Gasteiger partial charge >= 0.3 is 0 Å². The molecule has 3 N–H and O–H groups in total. The minimum Gasteiger partial charge on any atom is -0.506 e. The zero-order valence-electron chi connectivity index (χ0n) is 7.07. The lowest BCUT2D eigenvalue weighted by Gasteiger charge is -2.02. The fraction of sp³-hybridized carbons (Fsp3) is 0. The summed E-state index contributed by atoms with van der Waals surface area (Å²) < 4.78 is 0.654. The molecule has 1 aromatic carbocycles. The lowest BCUT2D eigenvalue weighted by Crippen LogP contribution is -1.83. The Morgan fingerprint density at radius 1 is 1.43 bits per heavy atom. The van der Waals surface area contributed by atoms with Crippen molar-refractivity contribution in [1.82, 2.24) is 4.98 Å². The lowest BCUT2D eigenvalue weighted by atomic mass is 10.1. The van der Waals surface area contributed by atoms with E-state index in [2.05, 4.69) is 20.9 Å². The Balaban J connectivity index is 2.57. The molecule has 14 heavy (non-hydrogen) atoms. The minimum atomic E-state index is 0.192. The largest absolute Gasteiger partial charge is 0.506 e. The number of para-hydroxylation sites is 1. The van der Waals surface area contributed by atoms with Crippen LogP contribution in [0, 0.1) is 0 Å². The second kappa shape index (κ2) is 3.59. The zero-order valence-corrected chi connectivity index (χ0v) is 9.47. The van der Waals surface area contributed by atoms with Crippen molar-refractivity contribution in [2.45, 2.75) is 0 Å². The van der Waals surface area contributed by atoms with E-state index < -0.39 is 0 Å². The predicted molar refractivity (Wildman–Crippen MR) is 61.3 cm³/mol. The number of phenolic OH excluding ortho intramolecular Hbond substituents is 1. The molecule has 0 bridgehead atoms. The Kier molecular flexibility index (Phi) is 2.43. The number of nitrogen functional groups attached to an aromatic ring is 1. The first-order chi connectivity index (χ1) is 6.68. The molecule has 5 heteroatoms. The van der Waals surface area contributed by atoms with E-state index in [1.54, 1.807) is 12.1 Å². The fourth-order valence-corrected chi connectivity index (χ4v) is 2.06. The number of aromatic hydroxyl groups is 1. The Bertz CT molecular complexity index is 470. The highest BCUT2D eigenvalue weighted by Crippen LogP contribution is 2.35. The summed E-state index contributed by atoms with van der Waals surface area (Å²) in [6.07, 6.45) is 0. The van der Waals surface area contributed by atoms with Crippen molar-refractivity contribution in [3.63, 3.8) is 0 Å². The van der Waals surface area contributed by atoms with E-state index in [1.807, 2.05) is 11.4 Å². The SMILES string of the molecule is Nc1nc(-c2cccc(Br)c2O)cs1. The molecule has 0 aliphatic heterocycles. The Labute approximate surface area is 93.4 Å². The Morgan fingerprint density at radius 2 is 2.21 bits per heavy atom. The van der Waals surface area contributed by atoms with Crippen LogP contribution in [0.3, 0.4) is 0 Å². The van der Waals surface area contributed by atoms with Crippen LogP contribution in [-0.2, 0) is 0 Å². The minimum absolute atomic E-state index is 0.192. The molecule has 0 saturated carbocycles. The Hall–Kier alpha value is -1.07. The number of hydrogen-bond acceptors (Lipinski definition) is 4. The van der Waals surface area contributed by atoms with Gasteiger partial charge in [-0.1, -0.05) is 6.07 Å². The van der Waals surface area contributed by atoms with E-state index in [0.29, 0.717) is 20.9 Å². The molecule has 0 saturated heterocycles. The summed E-state index contributed by atoms with van der Waals surface area (Å²) >= 11 is 4.60. The smallest absolute Gasteiger partial charge is 0.180 e. The van der Waals surface area contributed by atoms with Crippen LogP contribution in [0.1, 0.15) is 0 Å². The van der Waals surface area contributed by atoms with E-state index in [-0.39, 0.29) is 5.75 Å².